The van der Waals surface area contributed by atoms with Crippen LogP contribution in [0.15, 0.2) is 70.5 Å². The number of halogens is 1. The summed E-state index contributed by atoms with van der Waals surface area (Å²) in [4.78, 5) is 10.9. The highest BCUT2D eigenvalue weighted by Crippen LogP contribution is 2.33. The van der Waals surface area contributed by atoms with Crippen molar-refractivity contribution < 1.29 is 26.0 Å². The predicted octanol–water partition coefficient (Wildman–Crippen LogP) is 4.03. The molecule has 0 aliphatic carbocycles. The zero-order valence-electron chi connectivity index (χ0n) is 19.0. The fourth-order valence-corrected chi connectivity index (χ4v) is 6.13. The Morgan fingerprint density at radius 3 is 1.97 bits per heavy atom. The molecular formula is C23H24FN3O5S2. The molecule has 8 nitrogen and oxygen atoms in total. The van der Waals surface area contributed by atoms with E-state index in [-0.39, 0.29) is 32.6 Å². The summed E-state index contributed by atoms with van der Waals surface area (Å²) in [6, 6.07) is 13.4. The van der Waals surface area contributed by atoms with Crippen LogP contribution in [0.1, 0.15) is 18.1 Å². The van der Waals surface area contributed by atoms with Gasteiger partial charge in [-0.15, -0.1) is 0 Å². The standard InChI is InChI=1S/C23H24FN3O5S2/c1-15-5-14-22(33(29,30)26-20-10-8-19(9-11-20)25-17(3)28)16(2)23(15)27(4)34(31,32)21-12-6-18(24)7-13-21/h5-14,26H,1-4H3,(H,25,28). The molecule has 0 fully saturated rings. The van der Waals surface area contributed by atoms with E-state index in [1.807, 2.05) is 0 Å². The number of sulfonamides is 2. The second kappa shape index (κ2) is 9.43. The first-order valence-electron chi connectivity index (χ1n) is 10.1. The third kappa shape index (κ3) is 5.20. The van der Waals surface area contributed by atoms with Gasteiger partial charge in [-0.25, -0.2) is 21.2 Å². The normalized spacial score (nSPS) is 11.7. The SMILES string of the molecule is CC(=O)Nc1ccc(NS(=O)(=O)c2ccc(C)c(N(C)S(=O)(=O)c3ccc(F)cc3)c2C)cc1. The Balaban J connectivity index is 1.98. The molecular weight excluding hydrogens is 481 g/mol. The molecule has 0 heterocycles. The molecule has 2 N–H and O–H groups in total. The van der Waals surface area contributed by atoms with Gasteiger partial charge in [-0.3, -0.25) is 13.8 Å². The number of carbonyl (C=O) groups is 1. The van der Waals surface area contributed by atoms with Crippen LogP contribution in [-0.4, -0.2) is 29.8 Å². The molecule has 0 bridgehead atoms. The van der Waals surface area contributed by atoms with Crippen molar-refractivity contribution in [3.05, 3.63) is 77.6 Å². The molecule has 3 aromatic rings. The Bertz CT molecular complexity index is 1440. The fraction of sp³-hybridized carbons (Fsp3) is 0.174. The highest BCUT2D eigenvalue weighted by atomic mass is 32.2. The number of aryl methyl sites for hydroxylation is 1. The van der Waals surface area contributed by atoms with Crippen LogP contribution in [0, 0.1) is 19.7 Å². The number of carbonyl (C=O) groups excluding carboxylic acids is 1. The van der Waals surface area contributed by atoms with Gasteiger partial charge in [0, 0.05) is 25.3 Å². The molecule has 0 atom stereocenters. The second-order valence-corrected chi connectivity index (χ2v) is 11.3. The van der Waals surface area contributed by atoms with Crippen molar-refractivity contribution in [2.24, 2.45) is 0 Å². The average Bonchev–Trinajstić information content (AvgIpc) is 2.74. The Morgan fingerprint density at radius 2 is 1.41 bits per heavy atom. The summed E-state index contributed by atoms with van der Waals surface area (Å²) in [7, 11) is -6.83. The van der Waals surface area contributed by atoms with Gasteiger partial charge < -0.3 is 5.32 Å². The van der Waals surface area contributed by atoms with Crippen LogP contribution in [0.5, 0.6) is 0 Å². The Labute approximate surface area is 198 Å². The lowest BCUT2D eigenvalue weighted by Gasteiger charge is -2.25. The van der Waals surface area contributed by atoms with E-state index in [0.29, 0.717) is 11.3 Å². The lowest BCUT2D eigenvalue weighted by Crippen LogP contribution is -2.28. The number of hydrogen-bond acceptors (Lipinski definition) is 5. The summed E-state index contributed by atoms with van der Waals surface area (Å²) < 4.78 is 69.2. The van der Waals surface area contributed by atoms with Gasteiger partial charge in [-0.05, 0) is 79.6 Å². The highest BCUT2D eigenvalue weighted by Gasteiger charge is 2.27. The van der Waals surface area contributed by atoms with Gasteiger partial charge in [0.15, 0.2) is 0 Å². The third-order valence-corrected chi connectivity index (χ3v) is 8.41. The lowest BCUT2D eigenvalue weighted by atomic mass is 10.1. The predicted molar refractivity (Wildman–Crippen MR) is 129 cm³/mol. The first-order chi connectivity index (χ1) is 15.8. The number of benzene rings is 3. The summed E-state index contributed by atoms with van der Waals surface area (Å²) in [6.07, 6.45) is 0. The van der Waals surface area contributed by atoms with Crippen molar-refractivity contribution >= 4 is 43.0 Å². The molecule has 34 heavy (non-hydrogen) atoms. The van der Waals surface area contributed by atoms with E-state index in [9.17, 15) is 26.0 Å². The minimum absolute atomic E-state index is 0.0970. The van der Waals surface area contributed by atoms with Crippen LogP contribution in [0.4, 0.5) is 21.5 Å². The number of nitrogens with zero attached hydrogens (tertiary/aromatic N) is 1. The van der Waals surface area contributed by atoms with Gasteiger partial charge in [0.1, 0.15) is 5.82 Å². The fourth-order valence-electron chi connectivity index (χ4n) is 3.51. The van der Waals surface area contributed by atoms with Crippen LogP contribution >= 0.6 is 0 Å². The van der Waals surface area contributed by atoms with Crippen molar-refractivity contribution in [3.8, 4) is 0 Å². The van der Waals surface area contributed by atoms with Gasteiger partial charge in [0.2, 0.25) is 5.91 Å². The average molecular weight is 506 g/mol. The van der Waals surface area contributed by atoms with E-state index in [4.69, 9.17) is 0 Å². The maximum absolute atomic E-state index is 13.3. The smallest absolute Gasteiger partial charge is 0.264 e. The minimum atomic E-state index is -4.08. The molecule has 0 unspecified atom stereocenters. The van der Waals surface area contributed by atoms with Crippen LogP contribution < -0.4 is 14.3 Å². The summed E-state index contributed by atoms with van der Waals surface area (Å²) in [5.41, 5.74) is 1.76. The van der Waals surface area contributed by atoms with Crippen LogP contribution in [0.3, 0.4) is 0 Å². The van der Waals surface area contributed by atoms with Crippen molar-refractivity contribution in [2.45, 2.75) is 30.6 Å². The number of hydrogen-bond donors (Lipinski definition) is 2. The van der Waals surface area contributed by atoms with Crippen molar-refractivity contribution in [1.82, 2.24) is 0 Å². The van der Waals surface area contributed by atoms with E-state index in [1.165, 1.54) is 45.2 Å². The summed E-state index contributed by atoms with van der Waals surface area (Å²) in [5.74, 6) is -0.825. The van der Waals surface area contributed by atoms with Crippen LogP contribution in [0.25, 0.3) is 0 Å². The van der Waals surface area contributed by atoms with Gasteiger partial charge in [-0.2, -0.15) is 0 Å². The monoisotopic (exact) mass is 505 g/mol. The van der Waals surface area contributed by atoms with Gasteiger partial charge in [0.05, 0.1) is 15.5 Å². The Hall–Kier alpha value is -3.44. The molecule has 180 valence electrons. The zero-order chi connectivity index (χ0) is 25.3. The van der Waals surface area contributed by atoms with E-state index in [2.05, 4.69) is 10.0 Å². The Kier molecular flexibility index (Phi) is 6.99. The molecule has 0 radical (unpaired) electrons. The molecule has 0 saturated heterocycles. The first kappa shape index (κ1) is 25.2. The molecule has 0 saturated carbocycles. The molecule has 11 heteroatoms. The maximum atomic E-state index is 13.3. The number of amides is 1. The zero-order valence-corrected chi connectivity index (χ0v) is 20.6. The number of nitrogens with one attached hydrogen (secondary N) is 2. The topological polar surface area (TPSA) is 113 Å². The molecule has 3 aromatic carbocycles. The molecule has 0 aromatic heterocycles. The van der Waals surface area contributed by atoms with Gasteiger partial charge in [-0.1, -0.05) is 6.07 Å². The van der Waals surface area contributed by atoms with E-state index in [1.54, 1.807) is 19.1 Å². The summed E-state index contributed by atoms with van der Waals surface area (Å²) in [6.45, 7) is 4.55. The quantitative estimate of drug-likeness (QED) is 0.504. The minimum Gasteiger partial charge on any atom is -0.326 e. The Morgan fingerprint density at radius 1 is 0.853 bits per heavy atom. The third-order valence-electron chi connectivity index (χ3n) is 5.12. The lowest BCUT2D eigenvalue weighted by molar-refractivity contribution is -0.114. The largest absolute Gasteiger partial charge is 0.326 e. The van der Waals surface area contributed by atoms with E-state index in [0.717, 1.165) is 28.6 Å². The van der Waals surface area contributed by atoms with Gasteiger partial charge >= 0.3 is 0 Å². The van der Waals surface area contributed by atoms with Crippen molar-refractivity contribution in [2.75, 3.05) is 21.4 Å². The first-order valence-corrected chi connectivity index (χ1v) is 13.0. The van der Waals surface area contributed by atoms with E-state index >= 15 is 0 Å². The number of anilines is 3. The molecule has 1 amide bonds. The number of rotatable bonds is 7. The highest BCUT2D eigenvalue weighted by molar-refractivity contribution is 7.93. The summed E-state index contributed by atoms with van der Waals surface area (Å²) >= 11 is 0. The second-order valence-electron chi connectivity index (χ2n) is 7.64. The molecule has 3 rings (SSSR count). The summed E-state index contributed by atoms with van der Waals surface area (Å²) in [5, 5.41) is 2.59. The molecule has 0 spiro atoms. The van der Waals surface area contributed by atoms with Crippen LogP contribution in [0.2, 0.25) is 0 Å². The van der Waals surface area contributed by atoms with Crippen LogP contribution in [-0.2, 0) is 24.8 Å². The molecule has 0 aliphatic rings. The van der Waals surface area contributed by atoms with E-state index < -0.39 is 25.9 Å². The van der Waals surface area contributed by atoms with Crippen molar-refractivity contribution in [3.63, 3.8) is 0 Å². The molecule has 0 aliphatic heterocycles. The van der Waals surface area contributed by atoms with Gasteiger partial charge in [0.25, 0.3) is 20.0 Å². The maximum Gasteiger partial charge on any atom is 0.264 e. The van der Waals surface area contributed by atoms with Crippen molar-refractivity contribution in [1.29, 1.82) is 0 Å².